The van der Waals surface area contributed by atoms with Gasteiger partial charge in [-0.3, -0.25) is 5.10 Å². The average molecular weight is 368 g/mol. The molecule has 0 amide bonds. The minimum absolute atomic E-state index is 0.0546. The zero-order valence-corrected chi connectivity index (χ0v) is 15.2. The summed E-state index contributed by atoms with van der Waals surface area (Å²) in [5.41, 5.74) is 1.77. The molecule has 1 heterocycles. The molecule has 0 bridgehead atoms. The largest absolute Gasteiger partial charge is 0.504 e. The van der Waals surface area contributed by atoms with Gasteiger partial charge in [-0.05, 0) is 43.3 Å². The first kappa shape index (κ1) is 17.9. The number of ether oxygens (including phenoxy) is 1. The number of aryl methyl sites for hydroxylation is 2. The summed E-state index contributed by atoms with van der Waals surface area (Å²) in [4.78, 5) is 0. The summed E-state index contributed by atoms with van der Waals surface area (Å²) in [7, 11) is 0. The number of para-hydroxylation sites is 1. The summed E-state index contributed by atoms with van der Waals surface area (Å²) < 4.78 is 7.37. The van der Waals surface area contributed by atoms with Gasteiger partial charge in [-0.15, -0.1) is 0 Å². The van der Waals surface area contributed by atoms with Gasteiger partial charge in [0.1, 0.15) is 0 Å². The molecule has 6 nitrogen and oxygen atoms in total. The van der Waals surface area contributed by atoms with E-state index in [4.69, 9.17) is 17.0 Å². The highest BCUT2D eigenvalue weighted by Gasteiger charge is 2.08. The van der Waals surface area contributed by atoms with Gasteiger partial charge in [0.2, 0.25) is 4.77 Å². The second kappa shape index (κ2) is 8.44. The Morgan fingerprint density at radius 2 is 2.00 bits per heavy atom. The van der Waals surface area contributed by atoms with Gasteiger partial charge >= 0.3 is 0 Å². The monoisotopic (exact) mass is 368 g/mol. The fraction of sp³-hybridized carbons (Fsp3) is 0.211. The van der Waals surface area contributed by atoms with E-state index in [0.29, 0.717) is 29.1 Å². The number of phenols is 1. The Morgan fingerprint density at radius 3 is 2.77 bits per heavy atom. The maximum atomic E-state index is 10.3. The van der Waals surface area contributed by atoms with Crippen LogP contribution in [0.25, 0.3) is 0 Å². The van der Waals surface area contributed by atoms with E-state index in [1.54, 1.807) is 29.1 Å². The quantitative estimate of drug-likeness (QED) is 0.492. The van der Waals surface area contributed by atoms with E-state index in [-0.39, 0.29) is 5.75 Å². The van der Waals surface area contributed by atoms with Crippen LogP contribution in [-0.2, 0) is 12.8 Å². The fourth-order valence-corrected chi connectivity index (χ4v) is 2.74. The van der Waals surface area contributed by atoms with E-state index in [1.165, 1.54) is 5.56 Å². The van der Waals surface area contributed by atoms with E-state index in [2.05, 4.69) is 27.4 Å². The standard InChI is InChI=1S/C19H20N4O2S/c1-2-25-16-10-6-9-15(18(16)24)13-20-23-17(21-22-19(23)26)12-11-14-7-4-3-5-8-14/h3-10,13,24H,2,11-12H2,1H3,(H,22,26)/b20-13-. The molecule has 0 atom stereocenters. The van der Waals surface area contributed by atoms with Crippen molar-refractivity contribution in [2.24, 2.45) is 5.10 Å². The molecule has 0 aliphatic heterocycles. The van der Waals surface area contributed by atoms with Crippen molar-refractivity contribution in [3.8, 4) is 11.5 Å². The van der Waals surface area contributed by atoms with Crippen molar-refractivity contribution in [1.29, 1.82) is 0 Å². The maximum Gasteiger partial charge on any atom is 0.216 e. The molecule has 0 aliphatic carbocycles. The van der Waals surface area contributed by atoms with Crippen LogP contribution in [-0.4, -0.2) is 32.8 Å². The molecule has 2 aromatic carbocycles. The summed E-state index contributed by atoms with van der Waals surface area (Å²) in [6, 6.07) is 15.4. The van der Waals surface area contributed by atoms with Crippen LogP contribution in [0.2, 0.25) is 0 Å². The highest BCUT2D eigenvalue weighted by atomic mass is 32.1. The van der Waals surface area contributed by atoms with Gasteiger partial charge in [0.05, 0.1) is 12.8 Å². The van der Waals surface area contributed by atoms with Crippen LogP contribution in [0.4, 0.5) is 0 Å². The Hall–Kier alpha value is -2.93. The third-order valence-corrected chi connectivity index (χ3v) is 4.10. The summed E-state index contributed by atoms with van der Waals surface area (Å²) in [5.74, 6) is 1.21. The number of nitrogens with zero attached hydrogens (tertiary/aromatic N) is 3. The average Bonchev–Trinajstić information content (AvgIpc) is 3.01. The lowest BCUT2D eigenvalue weighted by atomic mass is 10.1. The lowest BCUT2D eigenvalue weighted by molar-refractivity contribution is 0.318. The molecule has 0 unspecified atom stereocenters. The van der Waals surface area contributed by atoms with Gasteiger partial charge in [0.15, 0.2) is 17.3 Å². The number of hydrogen-bond acceptors (Lipinski definition) is 5. The molecular formula is C19H20N4O2S. The van der Waals surface area contributed by atoms with Crippen molar-refractivity contribution in [3.63, 3.8) is 0 Å². The zero-order valence-electron chi connectivity index (χ0n) is 14.4. The van der Waals surface area contributed by atoms with Gasteiger partial charge < -0.3 is 9.84 Å². The molecule has 0 radical (unpaired) electrons. The van der Waals surface area contributed by atoms with Crippen LogP contribution in [0, 0.1) is 4.77 Å². The molecule has 0 aliphatic rings. The first-order chi connectivity index (χ1) is 12.7. The van der Waals surface area contributed by atoms with E-state index >= 15 is 0 Å². The van der Waals surface area contributed by atoms with Crippen molar-refractivity contribution < 1.29 is 9.84 Å². The van der Waals surface area contributed by atoms with Crippen molar-refractivity contribution in [3.05, 3.63) is 70.3 Å². The van der Waals surface area contributed by atoms with Gasteiger partial charge in [0, 0.05) is 12.0 Å². The zero-order chi connectivity index (χ0) is 18.4. The molecule has 0 fully saturated rings. The Labute approximate surface area is 156 Å². The third-order valence-electron chi connectivity index (χ3n) is 3.84. The number of hydrogen-bond donors (Lipinski definition) is 2. The SMILES string of the molecule is CCOc1cccc(/C=N\n2c(CCc3ccccc3)n[nH]c2=S)c1O. The number of aromatic hydroxyl groups is 1. The lowest BCUT2D eigenvalue weighted by Gasteiger charge is -2.07. The second-order valence-electron chi connectivity index (χ2n) is 5.61. The summed E-state index contributed by atoms with van der Waals surface area (Å²) in [6.07, 6.45) is 3.08. The molecular weight excluding hydrogens is 348 g/mol. The van der Waals surface area contributed by atoms with Gasteiger partial charge in [0.25, 0.3) is 0 Å². The van der Waals surface area contributed by atoms with Crippen LogP contribution in [0.1, 0.15) is 23.9 Å². The molecule has 0 spiro atoms. The molecule has 0 saturated heterocycles. The first-order valence-electron chi connectivity index (χ1n) is 8.38. The molecule has 134 valence electrons. The number of phenolic OH excluding ortho intramolecular Hbond substituents is 1. The predicted octanol–water partition coefficient (Wildman–Crippen LogP) is 3.71. The molecule has 3 rings (SSSR count). The highest BCUT2D eigenvalue weighted by molar-refractivity contribution is 7.71. The van der Waals surface area contributed by atoms with Crippen molar-refractivity contribution in [1.82, 2.24) is 14.9 Å². The molecule has 0 saturated carbocycles. The van der Waals surface area contributed by atoms with E-state index in [1.807, 2.05) is 25.1 Å². The van der Waals surface area contributed by atoms with Crippen LogP contribution in [0.15, 0.2) is 53.6 Å². The molecule has 26 heavy (non-hydrogen) atoms. The van der Waals surface area contributed by atoms with E-state index in [9.17, 15) is 5.11 Å². The smallest absolute Gasteiger partial charge is 0.216 e. The number of aromatic nitrogens is 3. The summed E-state index contributed by atoms with van der Waals surface area (Å²) >= 11 is 5.26. The minimum Gasteiger partial charge on any atom is -0.504 e. The Morgan fingerprint density at radius 1 is 1.19 bits per heavy atom. The molecule has 3 aromatic rings. The topological polar surface area (TPSA) is 75.4 Å². The van der Waals surface area contributed by atoms with Crippen molar-refractivity contribution >= 4 is 18.4 Å². The minimum atomic E-state index is 0.0546. The summed E-state index contributed by atoms with van der Waals surface area (Å²) in [5, 5.41) is 21.7. The lowest BCUT2D eigenvalue weighted by Crippen LogP contribution is -2.02. The molecule has 1 aromatic heterocycles. The van der Waals surface area contributed by atoms with Crippen molar-refractivity contribution in [2.75, 3.05) is 6.61 Å². The molecule has 7 heteroatoms. The predicted molar refractivity (Wildman–Crippen MR) is 104 cm³/mol. The van der Waals surface area contributed by atoms with Gasteiger partial charge in [-0.2, -0.15) is 14.9 Å². The Balaban J connectivity index is 1.80. The summed E-state index contributed by atoms with van der Waals surface area (Å²) in [6.45, 7) is 2.34. The van der Waals surface area contributed by atoms with E-state index < -0.39 is 0 Å². The number of nitrogens with one attached hydrogen (secondary N) is 1. The number of rotatable bonds is 7. The Kier molecular flexibility index (Phi) is 5.80. The van der Waals surface area contributed by atoms with Crippen LogP contribution >= 0.6 is 12.2 Å². The van der Waals surface area contributed by atoms with Crippen LogP contribution in [0.3, 0.4) is 0 Å². The Bertz CT molecular complexity index is 948. The van der Waals surface area contributed by atoms with Crippen molar-refractivity contribution in [2.45, 2.75) is 19.8 Å². The van der Waals surface area contributed by atoms with Crippen LogP contribution < -0.4 is 4.74 Å². The van der Waals surface area contributed by atoms with E-state index in [0.717, 1.165) is 12.2 Å². The normalized spacial score (nSPS) is 11.1. The maximum absolute atomic E-state index is 10.3. The third kappa shape index (κ3) is 4.18. The van der Waals surface area contributed by atoms with Gasteiger partial charge in [-0.1, -0.05) is 36.4 Å². The molecule has 2 N–H and O–H groups in total. The number of benzene rings is 2. The van der Waals surface area contributed by atoms with Gasteiger partial charge in [-0.25, -0.2) is 0 Å². The highest BCUT2D eigenvalue weighted by Crippen LogP contribution is 2.28. The number of aromatic amines is 1. The van der Waals surface area contributed by atoms with Crippen LogP contribution in [0.5, 0.6) is 11.5 Å². The second-order valence-corrected chi connectivity index (χ2v) is 6.00. The number of H-pyrrole nitrogens is 1. The fourth-order valence-electron chi connectivity index (χ4n) is 2.54. The first-order valence-corrected chi connectivity index (χ1v) is 8.79.